The van der Waals surface area contributed by atoms with Gasteiger partial charge in [0.05, 0.1) is 5.75 Å². The summed E-state index contributed by atoms with van der Waals surface area (Å²) in [5, 5.41) is -0.0345. The van der Waals surface area contributed by atoms with Crippen LogP contribution in [0.3, 0.4) is 0 Å². The maximum absolute atomic E-state index is 12.7. The van der Waals surface area contributed by atoms with Gasteiger partial charge in [0.2, 0.25) is 5.95 Å². The van der Waals surface area contributed by atoms with E-state index in [-0.39, 0.29) is 10.7 Å². The summed E-state index contributed by atoms with van der Waals surface area (Å²) in [7, 11) is 0. The van der Waals surface area contributed by atoms with E-state index in [0.29, 0.717) is 5.75 Å². The maximum Gasteiger partial charge on any atom is 0.248 e. The second-order valence-electron chi connectivity index (χ2n) is 2.58. The smallest absolute Gasteiger partial charge is 0.248 e. The van der Waals surface area contributed by atoms with Gasteiger partial charge in [0.1, 0.15) is 0 Å². The number of thioether (sulfide) groups is 1. The minimum absolute atomic E-state index is 0.0345. The fraction of sp³-hybridized carbons (Fsp3) is 0.200. The number of halogens is 2. The molecular formula is C10H7F2NOS. The number of hydrogen-bond acceptors (Lipinski definition) is 3. The van der Waals surface area contributed by atoms with Crippen LogP contribution in [0.5, 0.6) is 0 Å². The molecule has 2 nitrogen and oxygen atoms in total. The Bertz CT molecular complexity index is 437. The monoisotopic (exact) mass is 227 g/mol. The molecule has 0 aromatic carbocycles. The molecule has 0 aliphatic rings. The molecule has 78 valence electrons. The first-order chi connectivity index (χ1) is 7.09. The molecule has 0 atom stereocenters. The average Bonchev–Trinajstić information content (AvgIpc) is 2.18. The van der Waals surface area contributed by atoms with Crippen molar-refractivity contribution in [3.63, 3.8) is 0 Å². The molecule has 0 unspecified atom stereocenters. The second-order valence-corrected chi connectivity index (χ2v) is 3.73. The number of pyridine rings is 1. The third-order valence-electron chi connectivity index (χ3n) is 1.38. The minimum atomic E-state index is -1.14. The van der Waals surface area contributed by atoms with Crippen molar-refractivity contribution < 1.29 is 13.6 Å². The third-order valence-corrected chi connectivity index (χ3v) is 2.07. The van der Waals surface area contributed by atoms with Crippen LogP contribution in [0.25, 0.3) is 0 Å². The van der Waals surface area contributed by atoms with Gasteiger partial charge in [0, 0.05) is 18.7 Å². The van der Waals surface area contributed by atoms with Crippen molar-refractivity contribution in [2.45, 2.75) is 6.92 Å². The first-order valence-electron chi connectivity index (χ1n) is 4.03. The molecule has 0 bridgehead atoms. The number of rotatable bonds is 1. The fourth-order valence-electron chi connectivity index (χ4n) is 0.765. The number of aromatic nitrogens is 1. The van der Waals surface area contributed by atoms with Gasteiger partial charge in [-0.3, -0.25) is 4.79 Å². The number of carbonyl (C=O) groups excluding carboxylic acids is 1. The van der Waals surface area contributed by atoms with E-state index >= 15 is 0 Å². The van der Waals surface area contributed by atoms with Gasteiger partial charge in [-0.25, -0.2) is 9.37 Å². The molecule has 0 spiro atoms. The molecule has 0 radical (unpaired) electrons. The van der Waals surface area contributed by atoms with E-state index in [9.17, 15) is 13.6 Å². The summed E-state index contributed by atoms with van der Waals surface area (Å²) < 4.78 is 25.1. The molecule has 0 N–H and O–H groups in total. The molecule has 0 fully saturated rings. The van der Waals surface area contributed by atoms with Crippen molar-refractivity contribution in [2.24, 2.45) is 0 Å². The lowest BCUT2D eigenvalue weighted by Gasteiger charge is -1.91. The van der Waals surface area contributed by atoms with Crippen LogP contribution in [0.15, 0.2) is 12.3 Å². The van der Waals surface area contributed by atoms with E-state index in [1.54, 1.807) is 0 Å². The number of carbonyl (C=O) groups is 1. The summed E-state index contributed by atoms with van der Waals surface area (Å²) in [4.78, 5) is 13.7. The Hall–Kier alpha value is -1.41. The largest absolute Gasteiger partial charge is 0.288 e. The normalized spacial score (nSPS) is 9.27. The Labute approximate surface area is 90.1 Å². The fourth-order valence-corrected chi connectivity index (χ4v) is 1.11. The van der Waals surface area contributed by atoms with E-state index in [2.05, 4.69) is 16.8 Å². The topological polar surface area (TPSA) is 30.0 Å². The van der Waals surface area contributed by atoms with Gasteiger partial charge in [-0.1, -0.05) is 23.6 Å². The Morgan fingerprint density at radius 1 is 1.60 bits per heavy atom. The molecule has 5 heteroatoms. The first-order valence-corrected chi connectivity index (χ1v) is 5.01. The lowest BCUT2D eigenvalue weighted by Crippen LogP contribution is -1.90. The van der Waals surface area contributed by atoms with Crippen LogP contribution in [0.4, 0.5) is 8.78 Å². The van der Waals surface area contributed by atoms with Crippen molar-refractivity contribution >= 4 is 16.9 Å². The molecule has 1 heterocycles. The van der Waals surface area contributed by atoms with Gasteiger partial charge in [0.25, 0.3) is 0 Å². The minimum Gasteiger partial charge on any atom is -0.288 e. The van der Waals surface area contributed by atoms with Gasteiger partial charge in [-0.15, -0.1) is 0 Å². The van der Waals surface area contributed by atoms with Crippen molar-refractivity contribution in [2.75, 3.05) is 5.75 Å². The Balaban J connectivity index is 2.64. The second kappa shape index (κ2) is 5.47. The van der Waals surface area contributed by atoms with Crippen molar-refractivity contribution in [3.05, 3.63) is 29.6 Å². The predicted octanol–water partition coefficient (Wildman–Crippen LogP) is 1.99. The van der Waals surface area contributed by atoms with Crippen LogP contribution in [-0.4, -0.2) is 15.9 Å². The third kappa shape index (κ3) is 4.09. The summed E-state index contributed by atoms with van der Waals surface area (Å²) in [6.07, 6.45) is 1.14. The van der Waals surface area contributed by atoms with E-state index in [1.165, 1.54) is 6.92 Å². The molecule has 1 aromatic rings. The van der Waals surface area contributed by atoms with Crippen molar-refractivity contribution in [1.82, 2.24) is 4.98 Å². The molecule has 0 aliphatic heterocycles. The highest BCUT2D eigenvalue weighted by Gasteiger charge is 2.01. The zero-order valence-corrected chi connectivity index (χ0v) is 8.70. The number of nitrogens with zero attached hydrogens (tertiary/aromatic N) is 1. The zero-order valence-electron chi connectivity index (χ0n) is 7.88. The van der Waals surface area contributed by atoms with E-state index in [1.807, 2.05) is 0 Å². The summed E-state index contributed by atoms with van der Waals surface area (Å²) in [6, 6.07) is 0.966. The lowest BCUT2D eigenvalue weighted by atomic mass is 10.3. The van der Waals surface area contributed by atoms with Gasteiger partial charge in [-0.05, 0) is 6.07 Å². The molecule has 0 saturated heterocycles. The molecule has 0 amide bonds. The van der Waals surface area contributed by atoms with Gasteiger partial charge < -0.3 is 0 Å². The van der Waals surface area contributed by atoms with Crippen molar-refractivity contribution in [1.29, 1.82) is 0 Å². The maximum atomic E-state index is 12.7. The summed E-state index contributed by atoms with van der Waals surface area (Å²) in [5.41, 5.74) is 0.290. The van der Waals surface area contributed by atoms with Crippen LogP contribution in [0.1, 0.15) is 12.5 Å². The highest BCUT2D eigenvalue weighted by Crippen LogP contribution is 2.04. The molecule has 1 aromatic heterocycles. The summed E-state index contributed by atoms with van der Waals surface area (Å²) in [5.74, 6) is 3.38. The molecule has 0 saturated carbocycles. The summed E-state index contributed by atoms with van der Waals surface area (Å²) >= 11 is 1.06. The first kappa shape index (κ1) is 11.7. The Morgan fingerprint density at radius 3 is 2.93 bits per heavy atom. The average molecular weight is 227 g/mol. The Morgan fingerprint density at radius 2 is 2.33 bits per heavy atom. The van der Waals surface area contributed by atoms with Gasteiger partial charge in [0.15, 0.2) is 10.9 Å². The van der Waals surface area contributed by atoms with Crippen molar-refractivity contribution in [3.8, 4) is 11.8 Å². The van der Waals surface area contributed by atoms with Gasteiger partial charge >= 0.3 is 0 Å². The van der Waals surface area contributed by atoms with Crippen LogP contribution in [0, 0.1) is 23.6 Å². The highest BCUT2D eigenvalue weighted by molar-refractivity contribution is 8.13. The van der Waals surface area contributed by atoms with E-state index < -0.39 is 11.8 Å². The van der Waals surface area contributed by atoms with Gasteiger partial charge in [-0.2, -0.15) is 4.39 Å². The predicted molar refractivity (Wildman–Crippen MR) is 54.2 cm³/mol. The van der Waals surface area contributed by atoms with Crippen LogP contribution >= 0.6 is 11.8 Å². The molecule has 15 heavy (non-hydrogen) atoms. The molecule has 1 rings (SSSR count). The van der Waals surface area contributed by atoms with Crippen LogP contribution in [0.2, 0.25) is 0 Å². The molecule has 0 aliphatic carbocycles. The number of hydrogen-bond donors (Lipinski definition) is 0. The standard InChI is InChI=1S/C10H7F2NOS/c1-7(14)15-4-2-3-8-5-9(11)10(12)13-6-8/h5-6H,4H2,1H3. The quantitative estimate of drug-likeness (QED) is 0.543. The van der Waals surface area contributed by atoms with E-state index in [0.717, 1.165) is 24.0 Å². The van der Waals surface area contributed by atoms with Crippen LogP contribution < -0.4 is 0 Å². The SMILES string of the molecule is CC(=O)SCC#Cc1cnc(F)c(F)c1. The lowest BCUT2D eigenvalue weighted by molar-refractivity contribution is -0.109. The van der Waals surface area contributed by atoms with E-state index in [4.69, 9.17) is 0 Å². The zero-order chi connectivity index (χ0) is 11.3. The molecular weight excluding hydrogens is 220 g/mol. The summed E-state index contributed by atoms with van der Waals surface area (Å²) in [6.45, 7) is 1.44. The Kier molecular flexibility index (Phi) is 4.25. The highest BCUT2D eigenvalue weighted by atomic mass is 32.2. The van der Waals surface area contributed by atoms with Crippen LogP contribution in [-0.2, 0) is 4.79 Å².